The normalized spacial score (nSPS) is 11.5. The van der Waals surface area contributed by atoms with Gasteiger partial charge in [-0.15, -0.1) is 0 Å². The molecule has 0 aliphatic carbocycles. The van der Waals surface area contributed by atoms with Crippen LogP contribution in [-0.4, -0.2) is 19.9 Å². The predicted octanol–water partition coefficient (Wildman–Crippen LogP) is 3.66. The van der Waals surface area contributed by atoms with Gasteiger partial charge in [-0.2, -0.15) is 5.10 Å². The summed E-state index contributed by atoms with van der Waals surface area (Å²) in [7, 11) is 1.91. The summed E-state index contributed by atoms with van der Waals surface area (Å²) in [5.41, 5.74) is 4.02. The standard InChI is InChI=1S/C18H18N4O/c1-13(17-8-9-21-22(17)2)11-19-18-7-6-15(12-20-18)14-4-3-5-16(23)10-14/h3-12,23H,1-2H3,(H,19,20)/b13-11+. The summed E-state index contributed by atoms with van der Waals surface area (Å²) in [6, 6.07) is 13.0. The Kier molecular flexibility index (Phi) is 4.10. The van der Waals surface area contributed by atoms with Crippen LogP contribution in [0.25, 0.3) is 16.7 Å². The van der Waals surface area contributed by atoms with E-state index in [0.717, 1.165) is 28.2 Å². The van der Waals surface area contributed by atoms with Crippen LogP contribution in [0, 0.1) is 0 Å². The quantitative estimate of drug-likeness (QED) is 0.772. The molecule has 0 bridgehead atoms. The SMILES string of the molecule is C/C(=C\Nc1ccc(-c2cccc(O)c2)cn1)c1ccnn1C. The Morgan fingerprint density at radius 2 is 2.04 bits per heavy atom. The second-order valence-corrected chi connectivity index (χ2v) is 5.29. The number of phenols is 1. The number of hydrogen-bond acceptors (Lipinski definition) is 4. The lowest BCUT2D eigenvalue weighted by atomic mass is 10.1. The molecule has 2 heterocycles. The van der Waals surface area contributed by atoms with Gasteiger partial charge in [0, 0.05) is 31.2 Å². The molecule has 5 nitrogen and oxygen atoms in total. The molecule has 0 saturated heterocycles. The smallest absolute Gasteiger partial charge is 0.129 e. The number of allylic oxidation sites excluding steroid dienone is 1. The number of rotatable bonds is 4. The number of anilines is 1. The molecule has 3 rings (SSSR count). The van der Waals surface area contributed by atoms with Crippen LogP contribution in [0.2, 0.25) is 0 Å². The summed E-state index contributed by atoms with van der Waals surface area (Å²) in [5.74, 6) is 1.01. The second-order valence-electron chi connectivity index (χ2n) is 5.29. The molecule has 5 heteroatoms. The largest absolute Gasteiger partial charge is 0.508 e. The maximum atomic E-state index is 9.54. The Hall–Kier alpha value is -3.08. The molecule has 116 valence electrons. The average Bonchev–Trinajstić information content (AvgIpc) is 2.99. The summed E-state index contributed by atoms with van der Waals surface area (Å²) in [4.78, 5) is 4.40. The van der Waals surface area contributed by atoms with E-state index in [2.05, 4.69) is 15.4 Å². The van der Waals surface area contributed by atoms with Gasteiger partial charge in [-0.25, -0.2) is 4.98 Å². The van der Waals surface area contributed by atoms with Crippen molar-refractivity contribution in [1.29, 1.82) is 0 Å². The van der Waals surface area contributed by atoms with E-state index in [4.69, 9.17) is 0 Å². The lowest BCUT2D eigenvalue weighted by molar-refractivity contribution is 0.475. The van der Waals surface area contributed by atoms with Gasteiger partial charge >= 0.3 is 0 Å². The molecule has 0 unspecified atom stereocenters. The van der Waals surface area contributed by atoms with Crippen molar-refractivity contribution in [2.24, 2.45) is 7.05 Å². The first-order valence-electron chi connectivity index (χ1n) is 7.30. The van der Waals surface area contributed by atoms with Crippen molar-refractivity contribution in [3.63, 3.8) is 0 Å². The molecule has 0 aliphatic rings. The molecular formula is C18H18N4O. The topological polar surface area (TPSA) is 63.0 Å². The highest BCUT2D eigenvalue weighted by molar-refractivity contribution is 5.66. The van der Waals surface area contributed by atoms with Gasteiger partial charge in [-0.1, -0.05) is 12.1 Å². The Labute approximate surface area is 134 Å². The number of phenolic OH excluding ortho intramolecular Hbond substituents is 1. The summed E-state index contributed by atoms with van der Waals surface area (Å²) in [5, 5.41) is 16.9. The van der Waals surface area contributed by atoms with E-state index in [1.54, 1.807) is 24.5 Å². The van der Waals surface area contributed by atoms with Crippen molar-refractivity contribution in [1.82, 2.24) is 14.8 Å². The molecule has 3 aromatic rings. The number of pyridine rings is 1. The number of benzene rings is 1. The zero-order valence-corrected chi connectivity index (χ0v) is 13.1. The van der Waals surface area contributed by atoms with E-state index >= 15 is 0 Å². The van der Waals surface area contributed by atoms with Gasteiger partial charge in [0.05, 0.1) is 5.69 Å². The third kappa shape index (κ3) is 3.40. The third-order valence-corrected chi connectivity index (χ3v) is 3.60. The molecule has 2 N–H and O–H groups in total. The minimum absolute atomic E-state index is 0.249. The fourth-order valence-electron chi connectivity index (χ4n) is 2.35. The molecule has 1 aromatic carbocycles. The molecule has 0 fully saturated rings. The second kappa shape index (κ2) is 6.36. The summed E-state index contributed by atoms with van der Waals surface area (Å²) < 4.78 is 1.83. The van der Waals surface area contributed by atoms with E-state index in [1.807, 2.05) is 55.2 Å². The molecule has 2 aromatic heterocycles. The summed E-state index contributed by atoms with van der Waals surface area (Å²) >= 11 is 0. The number of nitrogens with zero attached hydrogens (tertiary/aromatic N) is 3. The van der Waals surface area contributed by atoms with Crippen molar-refractivity contribution in [2.45, 2.75) is 6.92 Å². The molecule has 0 saturated carbocycles. The van der Waals surface area contributed by atoms with Gasteiger partial charge < -0.3 is 10.4 Å². The van der Waals surface area contributed by atoms with Crippen LogP contribution < -0.4 is 5.32 Å². The fourth-order valence-corrected chi connectivity index (χ4v) is 2.35. The van der Waals surface area contributed by atoms with E-state index in [1.165, 1.54) is 0 Å². The van der Waals surface area contributed by atoms with Crippen molar-refractivity contribution >= 4 is 11.4 Å². The van der Waals surface area contributed by atoms with E-state index in [0.29, 0.717) is 0 Å². The van der Waals surface area contributed by atoms with Gasteiger partial charge in [-0.3, -0.25) is 4.68 Å². The number of aromatic nitrogens is 3. The highest BCUT2D eigenvalue weighted by Crippen LogP contribution is 2.23. The van der Waals surface area contributed by atoms with Crippen molar-refractivity contribution in [2.75, 3.05) is 5.32 Å². The van der Waals surface area contributed by atoms with Crippen molar-refractivity contribution in [3.8, 4) is 16.9 Å². The molecule has 0 aliphatic heterocycles. The highest BCUT2D eigenvalue weighted by atomic mass is 16.3. The number of hydrogen-bond donors (Lipinski definition) is 2. The van der Waals surface area contributed by atoms with Gasteiger partial charge in [0.25, 0.3) is 0 Å². The van der Waals surface area contributed by atoms with Gasteiger partial charge in [-0.05, 0) is 48.4 Å². The van der Waals surface area contributed by atoms with Crippen LogP contribution in [0.1, 0.15) is 12.6 Å². The first kappa shape index (κ1) is 14.8. The average molecular weight is 306 g/mol. The maximum absolute atomic E-state index is 9.54. The van der Waals surface area contributed by atoms with Crippen LogP contribution in [0.15, 0.2) is 61.1 Å². The third-order valence-electron chi connectivity index (χ3n) is 3.60. The lowest BCUT2D eigenvalue weighted by Gasteiger charge is -2.06. The monoisotopic (exact) mass is 306 g/mol. The Morgan fingerprint density at radius 3 is 2.70 bits per heavy atom. The Bertz CT molecular complexity index is 834. The van der Waals surface area contributed by atoms with Crippen LogP contribution in [0.3, 0.4) is 0 Å². The summed E-state index contributed by atoms with van der Waals surface area (Å²) in [6.07, 6.45) is 5.46. The van der Waals surface area contributed by atoms with E-state index in [-0.39, 0.29) is 5.75 Å². The minimum atomic E-state index is 0.249. The van der Waals surface area contributed by atoms with Gasteiger partial charge in [0.1, 0.15) is 11.6 Å². The molecule has 0 radical (unpaired) electrons. The minimum Gasteiger partial charge on any atom is -0.508 e. The summed E-state index contributed by atoms with van der Waals surface area (Å²) in [6.45, 7) is 2.02. The predicted molar refractivity (Wildman–Crippen MR) is 91.8 cm³/mol. The molecule has 0 atom stereocenters. The lowest BCUT2D eigenvalue weighted by Crippen LogP contribution is -1.98. The van der Waals surface area contributed by atoms with E-state index < -0.39 is 0 Å². The van der Waals surface area contributed by atoms with E-state index in [9.17, 15) is 5.11 Å². The van der Waals surface area contributed by atoms with Crippen molar-refractivity contribution < 1.29 is 5.11 Å². The highest BCUT2D eigenvalue weighted by Gasteiger charge is 2.02. The van der Waals surface area contributed by atoms with Crippen molar-refractivity contribution in [3.05, 3.63) is 66.8 Å². The molecule has 0 amide bonds. The fraction of sp³-hybridized carbons (Fsp3) is 0.111. The zero-order valence-electron chi connectivity index (χ0n) is 13.1. The van der Waals surface area contributed by atoms with Crippen LogP contribution in [-0.2, 0) is 7.05 Å². The maximum Gasteiger partial charge on any atom is 0.129 e. The number of aromatic hydroxyl groups is 1. The Balaban J connectivity index is 1.74. The van der Waals surface area contributed by atoms with Crippen LogP contribution in [0.5, 0.6) is 5.75 Å². The first-order valence-corrected chi connectivity index (χ1v) is 7.30. The first-order chi connectivity index (χ1) is 11.1. The number of aryl methyl sites for hydroxylation is 1. The van der Waals surface area contributed by atoms with Gasteiger partial charge in [0.15, 0.2) is 0 Å². The zero-order chi connectivity index (χ0) is 16.2. The molecular weight excluding hydrogens is 288 g/mol. The van der Waals surface area contributed by atoms with Crippen LogP contribution >= 0.6 is 0 Å². The van der Waals surface area contributed by atoms with Crippen LogP contribution in [0.4, 0.5) is 5.82 Å². The van der Waals surface area contributed by atoms with Gasteiger partial charge in [0.2, 0.25) is 0 Å². The number of nitrogens with one attached hydrogen (secondary N) is 1. The Morgan fingerprint density at radius 1 is 1.17 bits per heavy atom. The molecule has 23 heavy (non-hydrogen) atoms. The molecule has 0 spiro atoms.